The summed E-state index contributed by atoms with van der Waals surface area (Å²) >= 11 is 0. The smallest absolute Gasteiger partial charge is 0.0252 e. The maximum absolute atomic E-state index is 3.53. The minimum absolute atomic E-state index is 0.647. The van der Waals surface area contributed by atoms with E-state index in [9.17, 15) is 0 Å². The van der Waals surface area contributed by atoms with E-state index in [1.165, 1.54) is 19.3 Å². The van der Waals surface area contributed by atoms with Crippen molar-refractivity contribution in [2.45, 2.75) is 45.2 Å². The lowest BCUT2D eigenvalue weighted by molar-refractivity contribution is 0.374. The normalized spacial score (nSPS) is 35.0. The summed E-state index contributed by atoms with van der Waals surface area (Å²) in [6.07, 6.45) is 8.43. The molecule has 10 heavy (non-hydrogen) atoms. The monoisotopic (exact) mass is 139 g/mol. The van der Waals surface area contributed by atoms with Crippen molar-refractivity contribution in [3.63, 3.8) is 0 Å². The molecule has 0 aliphatic carbocycles. The summed E-state index contributed by atoms with van der Waals surface area (Å²) in [5.74, 6) is 0. The highest BCUT2D eigenvalue weighted by atomic mass is 14.9. The molecule has 0 spiro atoms. The highest BCUT2D eigenvalue weighted by molar-refractivity contribution is 4.94. The van der Waals surface area contributed by atoms with Crippen LogP contribution in [-0.4, -0.2) is 12.1 Å². The zero-order valence-electron chi connectivity index (χ0n) is 6.93. The summed E-state index contributed by atoms with van der Waals surface area (Å²) in [5, 5.41) is 3.53. The Morgan fingerprint density at radius 3 is 2.80 bits per heavy atom. The SMILES string of the molecule is C/C=C\C1CCCC(C)N1. The molecule has 1 nitrogen and oxygen atoms in total. The van der Waals surface area contributed by atoms with E-state index in [4.69, 9.17) is 0 Å². The van der Waals surface area contributed by atoms with Crippen molar-refractivity contribution in [3.8, 4) is 0 Å². The lowest BCUT2D eigenvalue weighted by atomic mass is 9.99. The van der Waals surface area contributed by atoms with Crippen LogP contribution < -0.4 is 5.32 Å². The summed E-state index contributed by atoms with van der Waals surface area (Å²) in [6, 6.07) is 1.36. The van der Waals surface area contributed by atoms with Gasteiger partial charge in [0.15, 0.2) is 0 Å². The number of allylic oxidation sites excluding steroid dienone is 1. The molecular formula is C9H17N. The second-order valence-corrected chi connectivity index (χ2v) is 3.13. The Labute approximate surface area is 63.5 Å². The van der Waals surface area contributed by atoms with E-state index in [0.717, 1.165) is 6.04 Å². The molecule has 0 aromatic heterocycles. The van der Waals surface area contributed by atoms with Gasteiger partial charge in [0.25, 0.3) is 0 Å². The van der Waals surface area contributed by atoms with E-state index in [1.54, 1.807) is 0 Å². The Morgan fingerprint density at radius 2 is 2.20 bits per heavy atom. The van der Waals surface area contributed by atoms with Crippen LogP contribution in [0.5, 0.6) is 0 Å². The molecule has 1 aliphatic rings. The highest BCUT2D eigenvalue weighted by Crippen LogP contribution is 2.12. The molecule has 1 rings (SSSR count). The Morgan fingerprint density at radius 1 is 1.40 bits per heavy atom. The first-order valence-corrected chi connectivity index (χ1v) is 4.22. The quantitative estimate of drug-likeness (QED) is 0.548. The highest BCUT2D eigenvalue weighted by Gasteiger charge is 2.13. The zero-order chi connectivity index (χ0) is 7.40. The van der Waals surface area contributed by atoms with Gasteiger partial charge in [-0.3, -0.25) is 0 Å². The minimum atomic E-state index is 0.647. The van der Waals surface area contributed by atoms with Gasteiger partial charge in [0.1, 0.15) is 0 Å². The summed E-state index contributed by atoms with van der Waals surface area (Å²) in [6.45, 7) is 4.34. The Hall–Kier alpha value is -0.300. The molecule has 2 atom stereocenters. The molecule has 0 aromatic rings. The minimum Gasteiger partial charge on any atom is -0.308 e. The number of hydrogen-bond donors (Lipinski definition) is 1. The molecule has 58 valence electrons. The molecular weight excluding hydrogens is 122 g/mol. The van der Waals surface area contributed by atoms with Crippen LogP contribution in [0.3, 0.4) is 0 Å². The second-order valence-electron chi connectivity index (χ2n) is 3.13. The summed E-state index contributed by atoms with van der Waals surface area (Å²) in [4.78, 5) is 0. The van der Waals surface area contributed by atoms with Gasteiger partial charge < -0.3 is 5.32 Å². The first kappa shape index (κ1) is 7.80. The summed E-state index contributed by atoms with van der Waals surface area (Å²) < 4.78 is 0. The van der Waals surface area contributed by atoms with Crippen LogP contribution in [0, 0.1) is 0 Å². The second kappa shape index (κ2) is 3.77. The number of piperidine rings is 1. The molecule has 1 fully saturated rings. The fourth-order valence-corrected chi connectivity index (χ4v) is 1.56. The van der Waals surface area contributed by atoms with Crippen LogP contribution in [0.1, 0.15) is 33.1 Å². The third kappa shape index (κ3) is 2.14. The molecule has 0 amide bonds. The van der Waals surface area contributed by atoms with E-state index < -0.39 is 0 Å². The fourth-order valence-electron chi connectivity index (χ4n) is 1.56. The largest absolute Gasteiger partial charge is 0.308 e. The van der Waals surface area contributed by atoms with Gasteiger partial charge in [-0.15, -0.1) is 0 Å². The van der Waals surface area contributed by atoms with Crippen molar-refractivity contribution in [3.05, 3.63) is 12.2 Å². The van der Waals surface area contributed by atoms with Crippen LogP contribution in [0.25, 0.3) is 0 Å². The van der Waals surface area contributed by atoms with E-state index in [0.29, 0.717) is 6.04 Å². The zero-order valence-corrected chi connectivity index (χ0v) is 6.93. The summed E-state index contributed by atoms with van der Waals surface area (Å²) in [5.41, 5.74) is 0. The van der Waals surface area contributed by atoms with E-state index >= 15 is 0 Å². The molecule has 0 bridgehead atoms. The molecule has 2 unspecified atom stereocenters. The number of rotatable bonds is 1. The average Bonchev–Trinajstić information content (AvgIpc) is 1.88. The molecule has 0 radical (unpaired) electrons. The standard InChI is InChI=1S/C9H17N/c1-3-5-9-7-4-6-8(2)10-9/h3,5,8-10H,4,6-7H2,1-2H3/b5-3-. The Bertz CT molecular complexity index is 118. The maximum Gasteiger partial charge on any atom is 0.0252 e. The predicted molar refractivity (Wildman–Crippen MR) is 45.1 cm³/mol. The van der Waals surface area contributed by atoms with Crippen LogP contribution >= 0.6 is 0 Å². The van der Waals surface area contributed by atoms with E-state index in [1.807, 2.05) is 0 Å². The molecule has 1 heterocycles. The van der Waals surface area contributed by atoms with Crippen LogP contribution in [0.15, 0.2) is 12.2 Å². The van der Waals surface area contributed by atoms with E-state index in [2.05, 4.69) is 31.3 Å². The molecule has 0 saturated carbocycles. The Kier molecular flexibility index (Phi) is 2.94. The molecule has 1 heteroatoms. The van der Waals surface area contributed by atoms with E-state index in [-0.39, 0.29) is 0 Å². The van der Waals surface area contributed by atoms with Gasteiger partial charge in [-0.1, -0.05) is 18.6 Å². The topological polar surface area (TPSA) is 12.0 Å². The lowest BCUT2D eigenvalue weighted by Crippen LogP contribution is -2.39. The first-order chi connectivity index (χ1) is 4.83. The van der Waals surface area contributed by atoms with Crippen molar-refractivity contribution in [2.24, 2.45) is 0 Å². The number of hydrogen-bond acceptors (Lipinski definition) is 1. The van der Waals surface area contributed by atoms with Crippen molar-refractivity contribution < 1.29 is 0 Å². The van der Waals surface area contributed by atoms with Crippen molar-refractivity contribution in [1.82, 2.24) is 5.32 Å². The van der Waals surface area contributed by atoms with Gasteiger partial charge in [-0.05, 0) is 26.7 Å². The van der Waals surface area contributed by atoms with Gasteiger partial charge >= 0.3 is 0 Å². The Balaban J connectivity index is 2.32. The van der Waals surface area contributed by atoms with Gasteiger partial charge in [0, 0.05) is 12.1 Å². The van der Waals surface area contributed by atoms with Gasteiger partial charge in [0.05, 0.1) is 0 Å². The average molecular weight is 139 g/mol. The fraction of sp³-hybridized carbons (Fsp3) is 0.778. The molecule has 1 saturated heterocycles. The maximum atomic E-state index is 3.53. The van der Waals surface area contributed by atoms with Gasteiger partial charge in [-0.2, -0.15) is 0 Å². The lowest BCUT2D eigenvalue weighted by Gasteiger charge is -2.26. The van der Waals surface area contributed by atoms with Crippen LogP contribution in [0.4, 0.5) is 0 Å². The van der Waals surface area contributed by atoms with Crippen LogP contribution in [-0.2, 0) is 0 Å². The van der Waals surface area contributed by atoms with Crippen LogP contribution in [0.2, 0.25) is 0 Å². The molecule has 0 aromatic carbocycles. The third-order valence-electron chi connectivity index (χ3n) is 2.08. The van der Waals surface area contributed by atoms with Gasteiger partial charge in [0.2, 0.25) is 0 Å². The summed E-state index contributed by atoms with van der Waals surface area (Å²) in [7, 11) is 0. The predicted octanol–water partition coefficient (Wildman–Crippen LogP) is 2.09. The molecule has 1 N–H and O–H groups in total. The van der Waals surface area contributed by atoms with Crippen molar-refractivity contribution in [2.75, 3.05) is 0 Å². The van der Waals surface area contributed by atoms with Crippen molar-refractivity contribution >= 4 is 0 Å². The molecule has 1 aliphatic heterocycles. The van der Waals surface area contributed by atoms with Crippen molar-refractivity contribution in [1.29, 1.82) is 0 Å². The third-order valence-corrected chi connectivity index (χ3v) is 2.08. The number of nitrogens with one attached hydrogen (secondary N) is 1. The van der Waals surface area contributed by atoms with Gasteiger partial charge in [-0.25, -0.2) is 0 Å². The first-order valence-electron chi connectivity index (χ1n) is 4.22.